The maximum absolute atomic E-state index is 12.6. The van der Waals surface area contributed by atoms with Crippen molar-refractivity contribution in [3.8, 4) is 6.07 Å². The van der Waals surface area contributed by atoms with E-state index in [0.29, 0.717) is 0 Å². The lowest BCUT2D eigenvalue weighted by Crippen LogP contribution is -2.08. The van der Waals surface area contributed by atoms with Gasteiger partial charge in [0.2, 0.25) is 0 Å². The Balaban J connectivity index is 2.41. The second-order valence-corrected chi connectivity index (χ2v) is 4.25. The van der Waals surface area contributed by atoms with Gasteiger partial charge in [-0.15, -0.1) is 0 Å². The molecule has 0 saturated carbocycles. The van der Waals surface area contributed by atoms with Crippen molar-refractivity contribution in [3.05, 3.63) is 41.9 Å². The molecule has 2 rings (SSSR count). The summed E-state index contributed by atoms with van der Waals surface area (Å²) in [4.78, 5) is 11.2. The number of nitrogens with zero attached hydrogens (tertiary/aromatic N) is 4. The summed E-state index contributed by atoms with van der Waals surface area (Å²) in [5.74, 6) is 0. The Kier molecular flexibility index (Phi) is 3.66. The predicted octanol–water partition coefficient (Wildman–Crippen LogP) is 2.91. The van der Waals surface area contributed by atoms with E-state index >= 15 is 0 Å². The third kappa shape index (κ3) is 3.20. The maximum Gasteiger partial charge on any atom is 0.433 e. The first kappa shape index (κ1) is 13.3. The van der Waals surface area contributed by atoms with Crippen molar-refractivity contribution in [2.24, 2.45) is 0 Å². The maximum atomic E-state index is 12.6. The fraction of sp³-hybridized carbons (Fsp3) is 0.0909. The lowest BCUT2D eigenvalue weighted by molar-refractivity contribution is -0.141. The molecule has 2 aromatic rings. The highest BCUT2D eigenvalue weighted by Gasteiger charge is 2.33. The van der Waals surface area contributed by atoms with Crippen LogP contribution in [0.25, 0.3) is 0 Å². The van der Waals surface area contributed by atoms with Crippen molar-refractivity contribution in [2.45, 2.75) is 16.4 Å². The van der Waals surface area contributed by atoms with Gasteiger partial charge in [0.05, 0.1) is 5.56 Å². The van der Waals surface area contributed by atoms with Gasteiger partial charge in [0.1, 0.15) is 16.8 Å². The molecule has 2 aromatic heterocycles. The zero-order valence-electron chi connectivity index (χ0n) is 9.22. The minimum Gasteiger partial charge on any atom is -0.235 e. The third-order valence-electron chi connectivity index (χ3n) is 2.00. The molecule has 0 radical (unpaired) electrons. The first-order valence-corrected chi connectivity index (χ1v) is 5.75. The molecule has 0 aliphatic carbocycles. The van der Waals surface area contributed by atoms with Crippen LogP contribution in [0, 0.1) is 11.3 Å². The Hall–Kier alpha value is -2.14. The standard InChI is InChI=1S/C11H5F3N4S/c12-11(13,14)8-3-2-7(6-15)9(18-8)19-10-16-4-1-5-17-10/h1-5H. The van der Waals surface area contributed by atoms with Gasteiger partial charge < -0.3 is 0 Å². The van der Waals surface area contributed by atoms with E-state index in [0.717, 1.165) is 23.9 Å². The van der Waals surface area contributed by atoms with Gasteiger partial charge in [-0.3, -0.25) is 0 Å². The van der Waals surface area contributed by atoms with E-state index in [4.69, 9.17) is 5.26 Å². The molecule has 0 unspecified atom stereocenters. The Morgan fingerprint density at radius 3 is 2.42 bits per heavy atom. The van der Waals surface area contributed by atoms with Gasteiger partial charge in [0, 0.05) is 12.4 Å². The number of hydrogen-bond acceptors (Lipinski definition) is 5. The minimum atomic E-state index is -4.55. The van der Waals surface area contributed by atoms with Gasteiger partial charge in [0.25, 0.3) is 0 Å². The highest BCUT2D eigenvalue weighted by molar-refractivity contribution is 7.99. The van der Waals surface area contributed by atoms with Gasteiger partial charge >= 0.3 is 6.18 Å². The lowest BCUT2D eigenvalue weighted by atomic mass is 10.2. The zero-order valence-corrected chi connectivity index (χ0v) is 10.0. The van der Waals surface area contributed by atoms with Crippen LogP contribution in [-0.4, -0.2) is 15.0 Å². The van der Waals surface area contributed by atoms with Crippen LogP contribution in [0.4, 0.5) is 13.2 Å². The highest BCUT2D eigenvalue weighted by atomic mass is 32.2. The first-order chi connectivity index (χ1) is 9.00. The van der Waals surface area contributed by atoms with Gasteiger partial charge in [0.15, 0.2) is 5.16 Å². The Morgan fingerprint density at radius 1 is 1.16 bits per heavy atom. The van der Waals surface area contributed by atoms with E-state index < -0.39 is 11.9 Å². The van der Waals surface area contributed by atoms with Crippen LogP contribution >= 0.6 is 11.8 Å². The molecule has 0 bridgehead atoms. The number of halogens is 3. The van der Waals surface area contributed by atoms with Gasteiger partial charge in [-0.25, -0.2) is 15.0 Å². The SMILES string of the molecule is N#Cc1ccc(C(F)(F)F)nc1Sc1ncccn1. The second kappa shape index (κ2) is 5.24. The summed E-state index contributed by atoms with van der Waals surface area (Å²) in [5.41, 5.74) is -1.00. The monoisotopic (exact) mass is 282 g/mol. The van der Waals surface area contributed by atoms with Crippen LogP contribution in [0.5, 0.6) is 0 Å². The summed E-state index contributed by atoms with van der Waals surface area (Å²) in [6.45, 7) is 0. The molecule has 2 heterocycles. The molecular formula is C11H5F3N4S. The number of alkyl halides is 3. The van der Waals surface area contributed by atoms with Gasteiger partial charge in [-0.05, 0) is 30.0 Å². The molecule has 0 saturated heterocycles. The quantitative estimate of drug-likeness (QED) is 0.792. The van der Waals surface area contributed by atoms with Gasteiger partial charge in [-0.2, -0.15) is 18.4 Å². The molecule has 0 aromatic carbocycles. The fourth-order valence-electron chi connectivity index (χ4n) is 1.19. The fourth-order valence-corrected chi connectivity index (χ4v) is 1.95. The van der Waals surface area contributed by atoms with E-state index in [1.807, 2.05) is 0 Å². The molecular weight excluding hydrogens is 277 g/mol. The van der Waals surface area contributed by atoms with Crippen molar-refractivity contribution in [1.82, 2.24) is 15.0 Å². The number of aromatic nitrogens is 3. The van der Waals surface area contributed by atoms with Gasteiger partial charge in [-0.1, -0.05) is 0 Å². The summed E-state index contributed by atoms with van der Waals surface area (Å²) >= 11 is 0.813. The minimum absolute atomic E-state index is 0.0467. The average molecular weight is 282 g/mol. The molecule has 0 fully saturated rings. The summed E-state index contributed by atoms with van der Waals surface area (Å²) in [6.07, 6.45) is -1.65. The van der Waals surface area contributed by atoms with Crippen LogP contribution in [0.1, 0.15) is 11.3 Å². The first-order valence-electron chi connectivity index (χ1n) is 4.94. The lowest BCUT2D eigenvalue weighted by Gasteiger charge is -2.08. The Labute approximate surface area is 110 Å². The van der Waals surface area contributed by atoms with E-state index in [-0.39, 0.29) is 15.7 Å². The number of nitriles is 1. The van der Waals surface area contributed by atoms with Crippen molar-refractivity contribution in [1.29, 1.82) is 5.26 Å². The Morgan fingerprint density at radius 2 is 1.84 bits per heavy atom. The molecule has 0 N–H and O–H groups in total. The normalized spacial score (nSPS) is 11.1. The van der Waals surface area contributed by atoms with Crippen LogP contribution in [0.15, 0.2) is 40.8 Å². The van der Waals surface area contributed by atoms with Crippen LogP contribution in [0.2, 0.25) is 0 Å². The van der Waals surface area contributed by atoms with E-state index in [2.05, 4.69) is 15.0 Å². The number of hydrogen-bond donors (Lipinski definition) is 0. The van der Waals surface area contributed by atoms with Crippen molar-refractivity contribution in [3.63, 3.8) is 0 Å². The molecule has 0 atom stereocenters. The topological polar surface area (TPSA) is 62.5 Å². The van der Waals surface area contributed by atoms with E-state index in [9.17, 15) is 13.2 Å². The third-order valence-corrected chi connectivity index (χ3v) is 2.90. The molecule has 8 heteroatoms. The predicted molar refractivity (Wildman–Crippen MR) is 60.1 cm³/mol. The number of pyridine rings is 1. The molecule has 0 amide bonds. The molecule has 4 nitrogen and oxygen atoms in total. The second-order valence-electron chi connectivity index (χ2n) is 3.29. The van der Waals surface area contributed by atoms with Crippen molar-refractivity contribution in [2.75, 3.05) is 0 Å². The molecule has 0 aliphatic heterocycles. The Bertz CT molecular complexity index is 622. The molecule has 19 heavy (non-hydrogen) atoms. The molecule has 96 valence electrons. The van der Waals surface area contributed by atoms with Crippen LogP contribution in [-0.2, 0) is 6.18 Å². The summed E-state index contributed by atoms with van der Waals surface area (Å²) in [7, 11) is 0. The van der Waals surface area contributed by atoms with Crippen molar-refractivity contribution < 1.29 is 13.2 Å². The van der Waals surface area contributed by atoms with Crippen LogP contribution < -0.4 is 0 Å². The smallest absolute Gasteiger partial charge is 0.235 e. The highest BCUT2D eigenvalue weighted by Crippen LogP contribution is 2.32. The van der Waals surface area contributed by atoms with E-state index in [1.165, 1.54) is 12.4 Å². The zero-order chi connectivity index (χ0) is 13.9. The molecule has 0 spiro atoms. The summed E-state index contributed by atoms with van der Waals surface area (Å²) < 4.78 is 37.7. The largest absolute Gasteiger partial charge is 0.433 e. The van der Waals surface area contributed by atoms with Crippen LogP contribution in [0.3, 0.4) is 0 Å². The average Bonchev–Trinajstić information content (AvgIpc) is 2.39. The van der Waals surface area contributed by atoms with Crippen molar-refractivity contribution >= 4 is 11.8 Å². The summed E-state index contributed by atoms with van der Waals surface area (Å²) in [5, 5.41) is 9.03. The number of rotatable bonds is 2. The summed E-state index contributed by atoms with van der Waals surface area (Å²) in [6, 6.07) is 5.22. The van der Waals surface area contributed by atoms with E-state index in [1.54, 1.807) is 12.1 Å². The molecule has 0 aliphatic rings.